The first-order valence-corrected chi connectivity index (χ1v) is 8.99. The number of ether oxygens (including phenoxy) is 2. The summed E-state index contributed by atoms with van der Waals surface area (Å²) < 4.78 is 23.9. The van der Waals surface area contributed by atoms with Gasteiger partial charge in [0.2, 0.25) is 0 Å². The van der Waals surface area contributed by atoms with Crippen molar-refractivity contribution in [2.24, 2.45) is 11.8 Å². The fourth-order valence-corrected chi connectivity index (χ4v) is 3.09. The molecule has 1 aromatic carbocycles. The van der Waals surface area contributed by atoms with E-state index in [9.17, 15) is 14.0 Å². The first kappa shape index (κ1) is 20.2. The van der Waals surface area contributed by atoms with E-state index in [-0.39, 0.29) is 29.7 Å². The molecule has 0 bridgehead atoms. The molecule has 0 radical (unpaired) electrons. The summed E-state index contributed by atoms with van der Waals surface area (Å²) in [6.45, 7) is 9.31. The lowest BCUT2D eigenvalue weighted by Gasteiger charge is -2.28. The summed E-state index contributed by atoms with van der Waals surface area (Å²) >= 11 is 0. The van der Waals surface area contributed by atoms with Crippen molar-refractivity contribution in [2.75, 3.05) is 0 Å². The van der Waals surface area contributed by atoms with Crippen LogP contribution >= 0.6 is 0 Å². The van der Waals surface area contributed by atoms with E-state index in [1.54, 1.807) is 32.9 Å². The maximum absolute atomic E-state index is 13.0. The molecular weight excluding hydrogens is 337 g/mol. The van der Waals surface area contributed by atoms with Crippen molar-refractivity contribution < 1.29 is 23.5 Å². The molecule has 1 aliphatic rings. The molecule has 1 aliphatic heterocycles. The number of alkyl carbamates (subject to hydrolysis) is 1. The van der Waals surface area contributed by atoms with Crippen molar-refractivity contribution in [1.82, 2.24) is 5.32 Å². The van der Waals surface area contributed by atoms with E-state index in [4.69, 9.17) is 9.47 Å². The predicted octanol–water partition coefficient (Wildman–Crippen LogP) is 3.85. The molecule has 1 unspecified atom stereocenters. The molecule has 0 aliphatic carbocycles. The highest BCUT2D eigenvalue weighted by atomic mass is 19.1. The molecule has 0 aromatic heterocycles. The van der Waals surface area contributed by atoms with E-state index in [1.165, 1.54) is 12.1 Å². The molecule has 3 atom stereocenters. The first-order chi connectivity index (χ1) is 12.0. The zero-order chi connectivity index (χ0) is 19.5. The van der Waals surface area contributed by atoms with E-state index in [0.717, 1.165) is 5.56 Å². The molecule has 0 saturated carbocycles. The highest BCUT2D eigenvalue weighted by Crippen LogP contribution is 2.29. The largest absolute Gasteiger partial charge is 0.460 e. The summed E-state index contributed by atoms with van der Waals surface area (Å²) in [6.07, 6.45) is 0.0801. The van der Waals surface area contributed by atoms with Crippen LogP contribution in [-0.4, -0.2) is 29.8 Å². The van der Waals surface area contributed by atoms with Crippen LogP contribution in [0, 0.1) is 17.7 Å². The van der Waals surface area contributed by atoms with Gasteiger partial charge in [0.15, 0.2) is 0 Å². The Morgan fingerprint density at radius 3 is 2.46 bits per heavy atom. The van der Waals surface area contributed by atoms with Crippen LogP contribution in [0.5, 0.6) is 0 Å². The highest BCUT2D eigenvalue weighted by Gasteiger charge is 2.41. The van der Waals surface area contributed by atoms with E-state index in [2.05, 4.69) is 5.32 Å². The van der Waals surface area contributed by atoms with Gasteiger partial charge in [0.25, 0.3) is 0 Å². The molecule has 6 heteroatoms. The zero-order valence-corrected chi connectivity index (χ0v) is 16.0. The lowest BCUT2D eigenvalue weighted by Crippen LogP contribution is -2.48. The van der Waals surface area contributed by atoms with Gasteiger partial charge in [-0.15, -0.1) is 0 Å². The molecule has 144 valence electrons. The van der Waals surface area contributed by atoms with E-state index in [1.807, 2.05) is 13.8 Å². The number of halogens is 1. The number of hydrogen-bond donors (Lipinski definition) is 1. The van der Waals surface area contributed by atoms with Gasteiger partial charge in [-0.3, -0.25) is 4.79 Å². The van der Waals surface area contributed by atoms with Crippen LogP contribution in [0.15, 0.2) is 24.3 Å². The van der Waals surface area contributed by atoms with Gasteiger partial charge in [0.05, 0.1) is 12.0 Å². The Morgan fingerprint density at radius 1 is 1.31 bits per heavy atom. The molecule has 1 amide bonds. The van der Waals surface area contributed by atoms with Crippen molar-refractivity contribution in [3.63, 3.8) is 0 Å². The lowest BCUT2D eigenvalue weighted by atomic mass is 9.90. The fraction of sp³-hybridized carbons (Fsp3) is 0.600. The van der Waals surface area contributed by atoms with Crippen LogP contribution in [-0.2, 0) is 20.7 Å². The molecule has 1 aromatic rings. The Hall–Kier alpha value is -2.11. The summed E-state index contributed by atoms with van der Waals surface area (Å²) in [7, 11) is 0. The predicted molar refractivity (Wildman–Crippen MR) is 96.1 cm³/mol. The third kappa shape index (κ3) is 5.71. The van der Waals surface area contributed by atoms with E-state index < -0.39 is 17.8 Å². The van der Waals surface area contributed by atoms with Crippen LogP contribution in [0.2, 0.25) is 0 Å². The van der Waals surface area contributed by atoms with Gasteiger partial charge in [-0.2, -0.15) is 0 Å². The molecule has 1 heterocycles. The molecule has 26 heavy (non-hydrogen) atoms. The third-order valence-electron chi connectivity index (χ3n) is 4.32. The van der Waals surface area contributed by atoms with Gasteiger partial charge in [-0.05, 0) is 50.8 Å². The maximum Gasteiger partial charge on any atom is 0.408 e. The van der Waals surface area contributed by atoms with Crippen molar-refractivity contribution in [3.8, 4) is 0 Å². The number of benzene rings is 1. The standard InChI is InChI=1S/C20H28FNO4/c1-12(2)17(22-19(24)26-20(3,4)5)16-11-14(18(23)25-16)10-13-6-8-15(21)9-7-13/h6-9,12,14,16-17H,10-11H2,1-5H3,(H,22,24)/t14-,16+,17?/m1/s1. The summed E-state index contributed by atoms with van der Waals surface area (Å²) in [4.78, 5) is 24.4. The highest BCUT2D eigenvalue weighted by molar-refractivity contribution is 5.75. The summed E-state index contributed by atoms with van der Waals surface area (Å²) in [6, 6.07) is 5.79. The molecule has 1 fully saturated rings. The van der Waals surface area contributed by atoms with Gasteiger partial charge >= 0.3 is 12.1 Å². The SMILES string of the molecule is CC(C)C(NC(=O)OC(C)(C)C)[C@@H]1C[C@@H](Cc2ccc(F)cc2)C(=O)O1. The van der Waals surface area contributed by atoms with Crippen molar-refractivity contribution >= 4 is 12.1 Å². The van der Waals surface area contributed by atoms with E-state index in [0.29, 0.717) is 12.8 Å². The van der Waals surface area contributed by atoms with Gasteiger partial charge in [-0.1, -0.05) is 26.0 Å². The third-order valence-corrected chi connectivity index (χ3v) is 4.32. The molecule has 1 saturated heterocycles. The molecule has 1 N–H and O–H groups in total. The van der Waals surface area contributed by atoms with Gasteiger partial charge < -0.3 is 14.8 Å². The second-order valence-corrected chi connectivity index (χ2v) is 8.15. The average Bonchev–Trinajstić information content (AvgIpc) is 2.86. The van der Waals surface area contributed by atoms with Gasteiger partial charge in [-0.25, -0.2) is 9.18 Å². The van der Waals surface area contributed by atoms with Crippen molar-refractivity contribution in [2.45, 2.75) is 65.2 Å². The Kier molecular flexibility index (Phi) is 6.26. The molecule has 0 spiro atoms. The number of esters is 1. The second kappa shape index (κ2) is 8.06. The molecular formula is C20H28FNO4. The summed E-state index contributed by atoms with van der Waals surface area (Å²) in [5.74, 6) is -0.810. The zero-order valence-electron chi connectivity index (χ0n) is 16.0. The average molecular weight is 365 g/mol. The van der Waals surface area contributed by atoms with Crippen molar-refractivity contribution in [3.05, 3.63) is 35.6 Å². The number of carbonyl (C=O) groups is 2. The number of carbonyl (C=O) groups excluding carboxylic acids is 2. The normalized spacial score (nSPS) is 21.4. The Balaban J connectivity index is 2.00. The smallest absolute Gasteiger partial charge is 0.408 e. The number of rotatable bonds is 5. The minimum absolute atomic E-state index is 0.0740. The maximum atomic E-state index is 13.0. The Labute approximate surface area is 154 Å². The summed E-state index contributed by atoms with van der Waals surface area (Å²) in [5.41, 5.74) is 0.290. The van der Waals surface area contributed by atoms with Crippen LogP contribution in [0.1, 0.15) is 46.6 Å². The minimum atomic E-state index is -0.594. The van der Waals surface area contributed by atoms with E-state index >= 15 is 0 Å². The van der Waals surface area contributed by atoms with Crippen LogP contribution in [0.4, 0.5) is 9.18 Å². The first-order valence-electron chi connectivity index (χ1n) is 8.99. The molecule has 5 nitrogen and oxygen atoms in total. The summed E-state index contributed by atoms with van der Waals surface area (Å²) in [5, 5.41) is 2.84. The minimum Gasteiger partial charge on any atom is -0.460 e. The number of cyclic esters (lactones) is 1. The number of hydrogen-bond acceptors (Lipinski definition) is 4. The number of nitrogens with one attached hydrogen (secondary N) is 1. The lowest BCUT2D eigenvalue weighted by molar-refractivity contribution is -0.145. The van der Waals surface area contributed by atoms with Gasteiger partial charge in [0.1, 0.15) is 17.5 Å². The van der Waals surface area contributed by atoms with Crippen LogP contribution in [0.25, 0.3) is 0 Å². The fourth-order valence-electron chi connectivity index (χ4n) is 3.09. The van der Waals surface area contributed by atoms with Gasteiger partial charge in [0, 0.05) is 6.42 Å². The van der Waals surface area contributed by atoms with Crippen molar-refractivity contribution in [1.29, 1.82) is 0 Å². The quantitative estimate of drug-likeness (QED) is 0.805. The Bertz CT molecular complexity index is 636. The second-order valence-electron chi connectivity index (χ2n) is 8.15. The Morgan fingerprint density at radius 2 is 1.92 bits per heavy atom. The monoisotopic (exact) mass is 365 g/mol. The topological polar surface area (TPSA) is 64.6 Å². The van der Waals surface area contributed by atoms with Crippen LogP contribution in [0.3, 0.4) is 0 Å². The number of amides is 1. The molecule has 2 rings (SSSR count). The van der Waals surface area contributed by atoms with Crippen LogP contribution < -0.4 is 5.32 Å².